The van der Waals surface area contributed by atoms with E-state index in [1.165, 1.54) is 36.3 Å². The smallest absolute Gasteiger partial charge is 0.162 e. The van der Waals surface area contributed by atoms with E-state index < -0.39 is 0 Å². The molecule has 0 saturated heterocycles. The van der Waals surface area contributed by atoms with Gasteiger partial charge in [0.05, 0.1) is 13.2 Å². The summed E-state index contributed by atoms with van der Waals surface area (Å²) >= 11 is 1.94. The molecule has 1 aromatic rings. The molecule has 0 amide bonds. The Kier molecular flexibility index (Phi) is 5.31. The van der Waals surface area contributed by atoms with E-state index in [-0.39, 0.29) is 0 Å². The van der Waals surface area contributed by atoms with Gasteiger partial charge < -0.3 is 14.8 Å². The number of hydrogen-bond donors (Lipinski definition) is 1. The highest BCUT2D eigenvalue weighted by molar-refractivity contribution is 7.99. The van der Waals surface area contributed by atoms with Crippen LogP contribution in [-0.2, 0) is 0 Å². The second-order valence-electron chi connectivity index (χ2n) is 5.88. The van der Waals surface area contributed by atoms with Gasteiger partial charge in [0.15, 0.2) is 11.5 Å². The fourth-order valence-electron chi connectivity index (χ4n) is 3.32. The zero-order valence-corrected chi connectivity index (χ0v) is 13.6. The average Bonchev–Trinajstić information content (AvgIpc) is 2.83. The van der Waals surface area contributed by atoms with E-state index in [4.69, 9.17) is 9.47 Å². The normalized spacial score (nSPS) is 24.8. The molecular formula is C17H25NO2S. The molecule has 0 spiro atoms. The molecule has 1 saturated carbocycles. The Hall–Kier alpha value is -0.870. The number of nitrogens with one attached hydrogen (secondary N) is 1. The standard InChI is InChI=1S/C17H25NO2S/c1-18-15-5-2-4-13(15)8-11-21-14-6-7-16-17(12-14)20-10-3-9-19-16/h6-7,12-13,15,18H,2-5,8-11H2,1H3. The van der Waals surface area contributed by atoms with Crippen molar-refractivity contribution in [2.24, 2.45) is 5.92 Å². The molecule has 1 heterocycles. The van der Waals surface area contributed by atoms with Crippen molar-refractivity contribution in [2.45, 2.75) is 43.0 Å². The summed E-state index contributed by atoms with van der Waals surface area (Å²) < 4.78 is 11.4. The van der Waals surface area contributed by atoms with Crippen LogP contribution in [0.25, 0.3) is 0 Å². The van der Waals surface area contributed by atoms with E-state index in [1.807, 2.05) is 11.8 Å². The fourth-order valence-corrected chi connectivity index (χ4v) is 4.33. The van der Waals surface area contributed by atoms with Crippen LogP contribution in [0.1, 0.15) is 32.1 Å². The van der Waals surface area contributed by atoms with Crippen molar-refractivity contribution >= 4 is 11.8 Å². The van der Waals surface area contributed by atoms with Crippen molar-refractivity contribution in [3.8, 4) is 11.5 Å². The fraction of sp³-hybridized carbons (Fsp3) is 0.647. The van der Waals surface area contributed by atoms with Gasteiger partial charge in [-0.3, -0.25) is 0 Å². The predicted molar refractivity (Wildman–Crippen MR) is 87.6 cm³/mol. The Bertz CT molecular complexity index is 466. The third-order valence-electron chi connectivity index (χ3n) is 4.51. The maximum absolute atomic E-state index is 5.75. The molecule has 1 N–H and O–H groups in total. The van der Waals surface area contributed by atoms with Crippen LogP contribution in [0.4, 0.5) is 0 Å². The molecular weight excluding hydrogens is 282 g/mol. The highest BCUT2D eigenvalue weighted by atomic mass is 32.2. The number of fused-ring (bicyclic) bond motifs is 1. The Morgan fingerprint density at radius 1 is 1.14 bits per heavy atom. The number of benzene rings is 1. The summed E-state index contributed by atoms with van der Waals surface area (Å²) in [6.07, 6.45) is 6.36. The summed E-state index contributed by atoms with van der Waals surface area (Å²) in [5.41, 5.74) is 0. The minimum Gasteiger partial charge on any atom is -0.490 e. The molecule has 21 heavy (non-hydrogen) atoms. The van der Waals surface area contributed by atoms with Gasteiger partial charge in [-0.05, 0) is 56.2 Å². The van der Waals surface area contributed by atoms with Gasteiger partial charge in [0.1, 0.15) is 0 Å². The summed E-state index contributed by atoms with van der Waals surface area (Å²) in [5, 5.41) is 3.46. The highest BCUT2D eigenvalue weighted by Crippen LogP contribution is 2.35. The lowest BCUT2D eigenvalue weighted by Crippen LogP contribution is -2.29. The van der Waals surface area contributed by atoms with E-state index in [1.54, 1.807) is 0 Å². The maximum atomic E-state index is 5.75. The second kappa shape index (κ2) is 7.41. The van der Waals surface area contributed by atoms with Gasteiger partial charge in [-0.15, -0.1) is 11.8 Å². The summed E-state index contributed by atoms with van der Waals surface area (Å²) in [6.45, 7) is 1.51. The Labute approximate surface area is 131 Å². The van der Waals surface area contributed by atoms with Gasteiger partial charge in [0.2, 0.25) is 0 Å². The zero-order chi connectivity index (χ0) is 14.5. The van der Waals surface area contributed by atoms with Crippen molar-refractivity contribution in [3.05, 3.63) is 18.2 Å². The molecule has 3 nitrogen and oxygen atoms in total. The van der Waals surface area contributed by atoms with Gasteiger partial charge in [-0.25, -0.2) is 0 Å². The van der Waals surface area contributed by atoms with Gasteiger partial charge in [-0.1, -0.05) is 6.42 Å². The Morgan fingerprint density at radius 3 is 2.86 bits per heavy atom. The van der Waals surface area contributed by atoms with E-state index in [9.17, 15) is 0 Å². The summed E-state index contributed by atoms with van der Waals surface area (Å²) in [6, 6.07) is 7.07. The molecule has 1 fully saturated rings. The minimum absolute atomic E-state index is 0.731. The van der Waals surface area contributed by atoms with Crippen LogP contribution in [-0.4, -0.2) is 32.1 Å². The lowest BCUT2D eigenvalue weighted by atomic mass is 10.0. The molecule has 0 aromatic heterocycles. The van der Waals surface area contributed by atoms with Crippen molar-refractivity contribution < 1.29 is 9.47 Å². The molecule has 1 aromatic carbocycles. The molecule has 1 aliphatic carbocycles. The van der Waals surface area contributed by atoms with E-state index in [0.29, 0.717) is 0 Å². The Morgan fingerprint density at radius 2 is 2.00 bits per heavy atom. The van der Waals surface area contributed by atoms with Crippen LogP contribution >= 0.6 is 11.8 Å². The number of ether oxygens (including phenoxy) is 2. The van der Waals surface area contributed by atoms with E-state index in [0.717, 1.165) is 43.1 Å². The summed E-state index contributed by atoms with van der Waals surface area (Å²) in [4.78, 5) is 1.29. The van der Waals surface area contributed by atoms with Crippen LogP contribution < -0.4 is 14.8 Å². The molecule has 116 valence electrons. The van der Waals surface area contributed by atoms with Crippen molar-refractivity contribution in [1.29, 1.82) is 0 Å². The quantitative estimate of drug-likeness (QED) is 0.840. The SMILES string of the molecule is CNC1CCCC1CCSc1ccc2c(c1)OCCCO2. The van der Waals surface area contributed by atoms with Crippen LogP contribution in [0, 0.1) is 5.92 Å². The van der Waals surface area contributed by atoms with E-state index in [2.05, 4.69) is 30.6 Å². The number of rotatable bonds is 5. The van der Waals surface area contributed by atoms with Gasteiger partial charge in [0, 0.05) is 17.4 Å². The molecule has 2 aliphatic rings. The van der Waals surface area contributed by atoms with Crippen LogP contribution in [0.15, 0.2) is 23.1 Å². The zero-order valence-electron chi connectivity index (χ0n) is 12.8. The first-order chi connectivity index (χ1) is 10.4. The van der Waals surface area contributed by atoms with Gasteiger partial charge in [0.25, 0.3) is 0 Å². The molecule has 0 bridgehead atoms. The largest absolute Gasteiger partial charge is 0.490 e. The number of thioether (sulfide) groups is 1. The second-order valence-corrected chi connectivity index (χ2v) is 7.05. The third-order valence-corrected chi connectivity index (χ3v) is 5.53. The molecule has 4 heteroatoms. The molecule has 2 atom stereocenters. The van der Waals surface area contributed by atoms with Gasteiger partial charge in [-0.2, -0.15) is 0 Å². The lowest BCUT2D eigenvalue weighted by molar-refractivity contribution is 0.297. The summed E-state index contributed by atoms with van der Waals surface area (Å²) in [5.74, 6) is 3.83. The van der Waals surface area contributed by atoms with Crippen molar-refractivity contribution in [1.82, 2.24) is 5.32 Å². The molecule has 2 unspecified atom stereocenters. The molecule has 1 aliphatic heterocycles. The van der Waals surface area contributed by atoms with Crippen LogP contribution in [0.5, 0.6) is 11.5 Å². The topological polar surface area (TPSA) is 30.5 Å². The first-order valence-electron chi connectivity index (χ1n) is 8.06. The molecule has 3 rings (SSSR count). The minimum atomic E-state index is 0.731. The van der Waals surface area contributed by atoms with Gasteiger partial charge >= 0.3 is 0 Å². The first kappa shape index (κ1) is 15.0. The first-order valence-corrected chi connectivity index (χ1v) is 9.05. The van der Waals surface area contributed by atoms with Crippen molar-refractivity contribution in [2.75, 3.05) is 26.0 Å². The lowest BCUT2D eigenvalue weighted by Gasteiger charge is -2.18. The molecule has 0 radical (unpaired) electrons. The monoisotopic (exact) mass is 307 g/mol. The number of hydrogen-bond acceptors (Lipinski definition) is 4. The van der Waals surface area contributed by atoms with Crippen LogP contribution in [0.3, 0.4) is 0 Å². The third kappa shape index (κ3) is 3.86. The van der Waals surface area contributed by atoms with E-state index >= 15 is 0 Å². The Balaban J connectivity index is 1.52. The maximum Gasteiger partial charge on any atom is 0.162 e. The van der Waals surface area contributed by atoms with Crippen molar-refractivity contribution in [3.63, 3.8) is 0 Å². The summed E-state index contributed by atoms with van der Waals surface area (Å²) in [7, 11) is 2.10. The van der Waals surface area contributed by atoms with Crippen LogP contribution in [0.2, 0.25) is 0 Å². The predicted octanol–water partition coefficient (Wildman–Crippen LogP) is 3.72. The average molecular weight is 307 g/mol. The highest BCUT2D eigenvalue weighted by Gasteiger charge is 2.25.